The van der Waals surface area contributed by atoms with Crippen LogP contribution in [0, 0.1) is 0 Å². The van der Waals surface area contributed by atoms with Gasteiger partial charge in [-0.25, -0.2) is 0 Å². The van der Waals surface area contributed by atoms with Crippen LogP contribution in [-0.4, -0.2) is 25.5 Å². The van der Waals surface area contributed by atoms with Crippen molar-refractivity contribution in [1.82, 2.24) is 0 Å². The maximum absolute atomic E-state index is 11.3. The minimum atomic E-state index is -0.395. The van der Waals surface area contributed by atoms with E-state index in [1.54, 1.807) is 13.0 Å². The Kier molecular flexibility index (Phi) is 8.21. The summed E-state index contributed by atoms with van der Waals surface area (Å²) < 4.78 is 16.1. The highest BCUT2D eigenvalue weighted by molar-refractivity contribution is 5.69. The summed E-state index contributed by atoms with van der Waals surface area (Å²) >= 11 is 0. The minimum Gasteiger partial charge on any atom is -0.465 e. The number of esters is 1. The Morgan fingerprint density at radius 1 is 1.29 bits per heavy atom. The van der Waals surface area contributed by atoms with E-state index in [-0.39, 0.29) is 12.6 Å². The number of rotatable bonds is 10. The highest BCUT2D eigenvalue weighted by atomic mass is 16.7. The third-order valence-electron chi connectivity index (χ3n) is 2.85. The van der Waals surface area contributed by atoms with Gasteiger partial charge in [0.1, 0.15) is 12.4 Å². The van der Waals surface area contributed by atoms with Crippen molar-refractivity contribution in [3.63, 3.8) is 0 Å². The molecule has 0 fully saturated rings. The van der Waals surface area contributed by atoms with Gasteiger partial charge in [0.25, 0.3) is 0 Å². The van der Waals surface area contributed by atoms with Gasteiger partial charge in [-0.1, -0.05) is 38.1 Å². The standard InChI is InChI=1S/C17H24O4/c1-4-6-7-17(18)20-13-12-19-14(3)21-16-10-8-15(5-2)9-11-16/h5,8-11,14H,2,4,6-7,12-13H2,1,3H3. The fraction of sp³-hybridized carbons (Fsp3) is 0.471. The first-order valence-corrected chi connectivity index (χ1v) is 7.32. The molecule has 0 radical (unpaired) electrons. The zero-order chi connectivity index (χ0) is 15.5. The van der Waals surface area contributed by atoms with Crippen molar-refractivity contribution in [2.75, 3.05) is 13.2 Å². The van der Waals surface area contributed by atoms with Crippen LogP contribution in [0.15, 0.2) is 30.8 Å². The molecule has 0 aliphatic heterocycles. The summed E-state index contributed by atoms with van der Waals surface area (Å²) in [4.78, 5) is 11.3. The number of hydrogen-bond acceptors (Lipinski definition) is 4. The van der Waals surface area contributed by atoms with E-state index in [2.05, 4.69) is 6.58 Å². The van der Waals surface area contributed by atoms with Crippen LogP contribution < -0.4 is 4.74 Å². The normalized spacial score (nSPS) is 11.7. The van der Waals surface area contributed by atoms with Gasteiger partial charge in [-0.3, -0.25) is 4.79 Å². The lowest BCUT2D eigenvalue weighted by molar-refractivity contribution is -0.148. The van der Waals surface area contributed by atoms with Crippen LogP contribution in [-0.2, 0) is 14.3 Å². The van der Waals surface area contributed by atoms with Crippen molar-refractivity contribution >= 4 is 12.0 Å². The van der Waals surface area contributed by atoms with Crippen molar-refractivity contribution in [1.29, 1.82) is 0 Å². The Hall–Kier alpha value is -1.81. The molecule has 21 heavy (non-hydrogen) atoms. The lowest BCUT2D eigenvalue weighted by Crippen LogP contribution is -2.20. The van der Waals surface area contributed by atoms with Crippen molar-refractivity contribution in [3.05, 3.63) is 36.4 Å². The molecule has 4 nitrogen and oxygen atoms in total. The van der Waals surface area contributed by atoms with Crippen molar-refractivity contribution in [2.45, 2.75) is 39.4 Å². The largest absolute Gasteiger partial charge is 0.465 e. The molecule has 1 rings (SSSR count). The summed E-state index contributed by atoms with van der Waals surface area (Å²) in [5.41, 5.74) is 1.04. The van der Waals surface area contributed by atoms with E-state index in [9.17, 15) is 4.79 Å². The highest BCUT2D eigenvalue weighted by Gasteiger charge is 2.05. The van der Waals surface area contributed by atoms with E-state index in [1.807, 2.05) is 31.2 Å². The van der Waals surface area contributed by atoms with Gasteiger partial charge in [0.05, 0.1) is 6.61 Å². The van der Waals surface area contributed by atoms with E-state index >= 15 is 0 Å². The maximum atomic E-state index is 11.3. The zero-order valence-corrected chi connectivity index (χ0v) is 12.8. The Balaban J connectivity index is 2.17. The number of hydrogen-bond donors (Lipinski definition) is 0. The van der Waals surface area contributed by atoms with Crippen LogP contribution in [0.25, 0.3) is 6.08 Å². The van der Waals surface area contributed by atoms with Crippen LogP contribution in [0.1, 0.15) is 38.7 Å². The van der Waals surface area contributed by atoms with Crippen molar-refractivity contribution in [2.24, 2.45) is 0 Å². The quantitative estimate of drug-likeness (QED) is 0.374. The Morgan fingerprint density at radius 2 is 2.00 bits per heavy atom. The number of ether oxygens (including phenoxy) is 3. The van der Waals surface area contributed by atoms with E-state index in [0.717, 1.165) is 24.2 Å². The average Bonchev–Trinajstić information content (AvgIpc) is 2.50. The van der Waals surface area contributed by atoms with Crippen LogP contribution in [0.5, 0.6) is 5.75 Å². The maximum Gasteiger partial charge on any atom is 0.305 e. The molecule has 0 saturated heterocycles. The van der Waals surface area contributed by atoms with E-state index < -0.39 is 6.29 Å². The van der Waals surface area contributed by atoms with Gasteiger partial charge in [0.2, 0.25) is 0 Å². The lowest BCUT2D eigenvalue weighted by Gasteiger charge is -2.15. The molecule has 0 spiro atoms. The lowest BCUT2D eigenvalue weighted by atomic mass is 10.2. The Bertz CT molecular complexity index is 425. The van der Waals surface area contributed by atoms with Gasteiger partial charge in [0, 0.05) is 6.42 Å². The molecule has 0 bridgehead atoms. The fourth-order valence-electron chi connectivity index (χ4n) is 1.67. The van der Waals surface area contributed by atoms with Gasteiger partial charge < -0.3 is 14.2 Å². The SMILES string of the molecule is C=Cc1ccc(OC(C)OCCOC(=O)CCCC)cc1. The number of unbranched alkanes of at least 4 members (excludes halogenated alkanes) is 1. The second-order valence-corrected chi connectivity index (χ2v) is 4.65. The van der Waals surface area contributed by atoms with Crippen LogP contribution in [0.3, 0.4) is 0 Å². The molecule has 1 unspecified atom stereocenters. The summed E-state index contributed by atoms with van der Waals surface area (Å²) in [7, 11) is 0. The monoisotopic (exact) mass is 292 g/mol. The predicted molar refractivity (Wildman–Crippen MR) is 83.1 cm³/mol. The predicted octanol–water partition coefficient (Wildman–Crippen LogP) is 3.80. The molecule has 0 aliphatic carbocycles. The first-order valence-electron chi connectivity index (χ1n) is 7.32. The average molecular weight is 292 g/mol. The van der Waals surface area contributed by atoms with Crippen molar-refractivity contribution in [3.8, 4) is 5.75 Å². The topological polar surface area (TPSA) is 44.8 Å². The van der Waals surface area contributed by atoms with Crippen LogP contribution >= 0.6 is 0 Å². The van der Waals surface area contributed by atoms with Crippen molar-refractivity contribution < 1.29 is 19.0 Å². The van der Waals surface area contributed by atoms with E-state index in [4.69, 9.17) is 14.2 Å². The first kappa shape index (κ1) is 17.2. The third-order valence-corrected chi connectivity index (χ3v) is 2.85. The molecule has 0 aromatic heterocycles. The molecule has 0 saturated carbocycles. The minimum absolute atomic E-state index is 0.172. The molecular formula is C17H24O4. The van der Waals surface area contributed by atoms with Gasteiger partial charge in [-0.2, -0.15) is 0 Å². The molecule has 0 heterocycles. The Labute approximate surface area is 126 Å². The molecule has 0 N–H and O–H groups in total. The number of benzene rings is 1. The number of carbonyl (C=O) groups excluding carboxylic acids is 1. The first-order chi connectivity index (χ1) is 10.2. The highest BCUT2D eigenvalue weighted by Crippen LogP contribution is 2.14. The second-order valence-electron chi connectivity index (χ2n) is 4.65. The van der Waals surface area contributed by atoms with Crippen LogP contribution in [0.2, 0.25) is 0 Å². The smallest absolute Gasteiger partial charge is 0.305 e. The molecular weight excluding hydrogens is 268 g/mol. The summed E-state index contributed by atoms with van der Waals surface area (Å²) in [6, 6.07) is 7.57. The molecule has 0 amide bonds. The molecule has 116 valence electrons. The Morgan fingerprint density at radius 3 is 2.62 bits per heavy atom. The summed E-state index contributed by atoms with van der Waals surface area (Å²) in [5, 5.41) is 0. The van der Waals surface area contributed by atoms with Crippen LogP contribution in [0.4, 0.5) is 0 Å². The van der Waals surface area contributed by atoms with Gasteiger partial charge in [-0.15, -0.1) is 0 Å². The van der Waals surface area contributed by atoms with E-state index in [0.29, 0.717) is 13.0 Å². The molecule has 1 aromatic rings. The third kappa shape index (κ3) is 7.51. The molecule has 1 aromatic carbocycles. The summed E-state index contributed by atoms with van der Waals surface area (Å²) in [5.74, 6) is 0.557. The molecule has 4 heteroatoms. The van der Waals surface area contributed by atoms with Gasteiger partial charge in [-0.05, 0) is 31.0 Å². The number of carbonyl (C=O) groups is 1. The zero-order valence-electron chi connectivity index (χ0n) is 12.8. The molecule has 1 atom stereocenters. The van der Waals surface area contributed by atoms with E-state index in [1.165, 1.54) is 0 Å². The van der Waals surface area contributed by atoms with Gasteiger partial charge in [0.15, 0.2) is 6.29 Å². The fourth-order valence-corrected chi connectivity index (χ4v) is 1.67. The summed E-state index contributed by atoms with van der Waals surface area (Å²) in [6.45, 7) is 8.12. The molecule has 0 aliphatic rings. The second kappa shape index (κ2) is 10.00. The summed E-state index contributed by atoms with van der Waals surface area (Å²) in [6.07, 6.45) is 3.70. The van der Waals surface area contributed by atoms with Gasteiger partial charge >= 0.3 is 5.97 Å².